The second-order valence-electron chi connectivity index (χ2n) is 3.68. The highest BCUT2D eigenvalue weighted by Crippen LogP contribution is 2.27. The minimum absolute atomic E-state index is 0.0770. The maximum atomic E-state index is 11.1. The molecule has 4 nitrogen and oxygen atoms in total. The zero-order valence-electron chi connectivity index (χ0n) is 8.40. The van der Waals surface area contributed by atoms with E-state index in [9.17, 15) is 9.59 Å². The number of hydrogen-bond acceptors (Lipinski definition) is 4. The summed E-state index contributed by atoms with van der Waals surface area (Å²) in [7, 11) is 0. The molecule has 1 aromatic rings. The van der Waals surface area contributed by atoms with Crippen LogP contribution in [0.4, 0.5) is 0 Å². The molecule has 2 heterocycles. The van der Waals surface area contributed by atoms with Crippen LogP contribution in [0.2, 0.25) is 0 Å². The van der Waals surface area contributed by atoms with E-state index in [2.05, 4.69) is 9.72 Å². The predicted molar refractivity (Wildman–Crippen MR) is 52.0 cm³/mol. The average Bonchev–Trinajstić information content (AvgIpc) is 2.17. The number of nitrogens with zero attached hydrogens (tertiary/aromatic N) is 1. The highest BCUT2D eigenvalue weighted by Gasteiger charge is 2.28. The van der Waals surface area contributed by atoms with E-state index in [1.807, 2.05) is 19.1 Å². The number of ether oxygens (including phenoxy) is 1. The molecule has 0 aromatic carbocycles. The molecule has 1 aliphatic heterocycles. The number of rotatable bonds is 1. The van der Waals surface area contributed by atoms with Crippen molar-refractivity contribution in [2.75, 3.05) is 0 Å². The first-order chi connectivity index (χ1) is 7.15. The van der Waals surface area contributed by atoms with Gasteiger partial charge >= 0.3 is 11.9 Å². The Morgan fingerprint density at radius 1 is 1.27 bits per heavy atom. The van der Waals surface area contributed by atoms with Crippen LogP contribution in [0.3, 0.4) is 0 Å². The smallest absolute Gasteiger partial charge is 0.314 e. The van der Waals surface area contributed by atoms with Gasteiger partial charge in [0.2, 0.25) is 0 Å². The van der Waals surface area contributed by atoms with Gasteiger partial charge in [-0.1, -0.05) is 6.07 Å². The normalized spacial score (nSPS) is 17.7. The molecule has 0 atom stereocenters. The highest BCUT2D eigenvalue weighted by atomic mass is 16.6. The molecule has 1 saturated heterocycles. The molecule has 4 heteroatoms. The van der Waals surface area contributed by atoms with Gasteiger partial charge < -0.3 is 4.74 Å². The van der Waals surface area contributed by atoms with Gasteiger partial charge in [0.1, 0.15) is 0 Å². The Labute approximate surface area is 87.3 Å². The Hall–Kier alpha value is -1.71. The van der Waals surface area contributed by atoms with Gasteiger partial charge in [0.15, 0.2) is 0 Å². The lowest BCUT2D eigenvalue weighted by molar-refractivity contribution is -0.163. The minimum atomic E-state index is -0.447. The van der Waals surface area contributed by atoms with Crippen LogP contribution in [0, 0.1) is 6.92 Å². The predicted octanol–water partition coefficient (Wildman–Crippen LogP) is 1.34. The van der Waals surface area contributed by atoms with E-state index in [1.165, 1.54) is 0 Å². The van der Waals surface area contributed by atoms with E-state index in [1.54, 1.807) is 6.20 Å². The summed E-state index contributed by atoms with van der Waals surface area (Å²) in [5.74, 6) is -0.972. The van der Waals surface area contributed by atoms with Crippen molar-refractivity contribution >= 4 is 11.9 Å². The van der Waals surface area contributed by atoms with Gasteiger partial charge in [-0.25, -0.2) is 0 Å². The van der Waals surface area contributed by atoms with Crippen molar-refractivity contribution < 1.29 is 14.3 Å². The molecule has 0 aliphatic carbocycles. The van der Waals surface area contributed by atoms with Crippen molar-refractivity contribution in [2.45, 2.75) is 25.7 Å². The Morgan fingerprint density at radius 2 is 1.93 bits per heavy atom. The number of carbonyl (C=O) groups excluding carboxylic acids is 2. The summed E-state index contributed by atoms with van der Waals surface area (Å²) in [5, 5.41) is 0. The first-order valence-corrected chi connectivity index (χ1v) is 4.81. The zero-order chi connectivity index (χ0) is 10.8. The summed E-state index contributed by atoms with van der Waals surface area (Å²) in [6, 6.07) is 3.78. The van der Waals surface area contributed by atoms with Gasteiger partial charge in [-0.3, -0.25) is 14.6 Å². The maximum Gasteiger partial charge on any atom is 0.314 e. The quantitative estimate of drug-likeness (QED) is 0.512. The van der Waals surface area contributed by atoms with Crippen LogP contribution in [0.1, 0.15) is 30.0 Å². The van der Waals surface area contributed by atoms with Crippen LogP contribution in [0.5, 0.6) is 0 Å². The number of carbonyl (C=O) groups is 2. The molecule has 0 unspecified atom stereocenters. The largest absolute Gasteiger partial charge is 0.393 e. The van der Waals surface area contributed by atoms with Gasteiger partial charge in [-0.2, -0.15) is 0 Å². The van der Waals surface area contributed by atoms with E-state index in [0.717, 1.165) is 11.3 Å². The zero-order valence-corrected chi connectivity index (χ0v) is 8.40. The molecule has 15 heavy (non-hydrogen) atoms. The summed E-state index contributed by atoms with van der Waals surface area (Å²) in [5.41, 5.74) is 1.84. The number of esters is 2. The van der Waals surface area contributed by atoms with Gasteiger partial charge in [-0.15, -0.1) is 0 Å². The third-order valence-electron chi connectivity index (χ3n) is 2.46. The lowest BCUT2D eigenvalue weighted by Crippen LogP contribution is -2.24. The molecule has 0 amide bonds. The SMILES string of the molecule is Cc1ccc(C2CC(=O)OC(=O)C2)cn1. The number of cyclic esters (lactones) is 2. The van der Waals surface area contributed by atoms with Gasteiger partial charge in [0.25, 0.3) is 0 Å². The van der Waals surface area contributed by atoms with Crippen molar-refractivity contribution in [1.29, 1.82) is 0 Å². The van der Waals surface area contributed by atoms with Crippen molar-refractivity contribution in [2.24, 2.45) is 0 Å². The molecule has 0 radical (unpaired) electrons. The monoisotopic (exact) mass is 205 g/mol. The summed E-state index contributed by atoms with van der Waals surface area (Å²) in [6.45, 7) is 1.89. The molecular formula is C11H11NO3. The molecule has 0 N–H and O–H groups in total. The molecule has 1 aromatic heterocycles. The van der Waals surface area contributed by atoms with Crippen LogP contribution in [-0.2, 0) is 14.3 Å². The fourth-order valence-electron chi connectivity index (χ4n) is 1.64. The number of aromatic nitrogens is 1. The van der Waals surface area contributed by atoms with E-state index in [0.29, 0.717) is 0 Å². The van der Waals surface area contributed by atoms with Gasteiger partial charge in [0.05, 0.1) is 12.8 Å². The maximum absolute atomic E-state index is 11.1. The Bertz CT molecular complexity index is 381. The summed E-state index contributed by atoms with van der Waals surface area (Å²) >= 11 is 0. The topological polar surface area (TPSA) is 56.3 Å². The number of hydrogen-bond donors (Lipinski definition) is 0. The van der Waals surface area contributed by atoms with Crippen LogP contribution in [-0.4, -0.2) is 16.9 Å². The van der Waals surface area contributed by atoms with Crippen molar-refractivity contribution in [3.05, 3.63) is 29.6 Å². The molecule has 78 valence electrons. The van der Waals surface area contributed by atoms with Crippen molar-refractivity contribution in [3.8, 4) is 0 Å². The summed E-state index contributed by atoms with van der Waals surface area (Å²) in [6.07, 6.45) is 2.23. The molecule has 0 spiro atoms. The first kappa shape index (κ1) is 9.83. The fourth-order valence-corrected chi connectivity index (χ4v) is 1.64. The Kier molecular flexibility index (Phi) is 2.49. The number of aryl methyl sites for hydroxylation is 1. The summed E-state index contributed by atoms with van der Waals surface area (Å²) < 4.78 is 4.46. The minimum Gasteiger partial charge on any atom is -0.393 e. The molecule has 2 rings (SSSR count). The van der Waals surface area contributed by atoms with Crippen molar-refractivity contribution in [3.63, 3.8) is 0 Å². The second-order valence-corrected chi connectivity index (χ2v) is 3.68. The summed E-state index contributed by atoms with van der Waals surface area (Å²) in [4.78, 5) is 26.3. The second kappa shape index (κ2) is 3.81. The third kappa shape index (κ3) is 2.21. The van der Waals surface area contributed by atoms with Crippen molar-refractivity contribution in [1.82, 2.24) is 4.98 Å². The fraction of sp³-hybridized carbons (Fsp3) is 0.364. The molecule has 1 aliphatic rings. The van der Waals surface area contributed by atoms with Crippen LogP contribution in [0.25, 0.3) is 0 Å². The van der Waals surface area contributed by atoms with Gasteiger partial charge in [0, 0.05) is 17.8 Å². The van der Waals surface area contributed by atoms with E-state index in [4.69, 9.17) is 0 Å². The first-order valence-electron chi connectivity index (χ1n) is 4.81. The lowest BCUT2D eigenvalue weighted by Gasteiger charge is -2.19. The number of pyridine rings is 1. The Morgan fingerprint density at radius 3 is 2.47 bits per heavy atom. The average molecular weight is 205 g/mol. The van der Waals surface area contributed by atoms with E-state index < -0.39 is 11.9 Å². The van der Waals surface area contributed by atoms with Crippen LogP contribution < -0.4 is 0 Å². The molecule has 0 saturated carbocycles. The lowest BCUT2D eigenvalue weighted by atomic mass is 9.92. The molecule has 0 bridgehead atoms. The molecule has 1 fully saturated rings. The highest BCUT2D eigenvalue weighted by molar-refractivity contribution is 5.89. The van der Waals surface area contributed by atoms with E-state index in [-0.39, 0.29) is 18.8 Å². The standard InChI is InChI=1S/C11H11NO3/c1-7-2-3-8(6-12-7)9-4-10(13)15-11(14)5-9/h2-3,6,9H,4-5H2,1H3. The molecular weight excluding hydrogens is 194 g/mol. The van der Waals surface area contributed by atoms with Crippen LogP contribution in [0.15, 0.2) is 18.3 Å². The van der Waals surface area contributed by atoms with Gasteiger partial charge in [-0.05, 0) is 18.6 Å². The van der Waals surface area contributed by atoms with E-state index >= 15 is 0 Å². The van der Waals surface area contributed by atoms with Crippen LogP contribution >= 0.6 is 0 Å². The Balaban J connectivity index is 2.19. The third-order valence-corrected chi connectivity index (χ3v) is 2.46.